The maximum absolute atomic E-state index is 5.57. The van der Waals surface area contributed by atoms with Gasteiger partial charge in [0.25, 0.3) is 0 Å². The molecule has 0 aliphatic carbocycles. The van der Waals surface area contributed by atoms with Crippen LogP contribution in [0.25, 0.3) is 0 Å². The van der Waals surface area contributed by atoms with Crippen molar-refractivity contribution in [2.24, 2.45) is 5.92 Å². The molecule has 1 aliphatic heterocycles. The fourth-order valence-electron chi connectivity index (χ4n) is 2.22. The normalized spacial score (nSPS) is 18.2. The maximum Gasteiger partial charge on any atom is 0.146 e. The molecule has 1 saturated heterocycles. The van der Waals surface area contributed by atoms with Gasteiger partial charge in [-0.1, -0.05) is 0 Å². The van der Waals surface area contributed by atoms with Gasteiger partial charge in [0.2, 0.25) is 0 Å². The van der Waals surface area contributed by atoms with Crippen molar-refractivity contribution in [1.82, 2.24) is 14.9 Å². The van der Waals surface area contributed by atoms with Crippen LogP contribution in [0.2, 0.25) is 0 Å². The van der Waals surface area contributed by atoms with Crippen LogP contribution in [0.4, 0.5) is 11.6 Å². The van der Waals surface area contributed by atoms with E-state index in [-0.39, 0.29) is 0 Å². The van der Waals surface area contributed by atoms with E-state index in [1.807, 2.05) is 0 Å². The van der Waals surface area contributed by atoms with Crippen molar-refractivity contribution < 1.29 is 0 Å². The second-order valence-electron chi connectivity index (χ2n) is 4.79. The molecule has 94 valence electrons. The highest BCUT2D eigenvalue weighted by Crippen LogP contribution is 2.19. The van der Waals surface area contributed by atoms with Gasteiger partial charge < -0.3 is 16.0 Å². The zero-order valence-corrected chi connectivity index (χ0v) is 10.4. The molecule has 0 aromatic carbocycles. The summed E-state index contributed by atoms with van der Waals surface area (Å²) in [6.45, 7) is 3.40. The van der Waals surface area contributed by atoms with Gasteiger partial charge >= 0.3 is 0 Å². The molecule has 0 bridgehead atoms. The van der Waals surface area contributed by atoms with Gasteiger partial charge in [0.15, 0.2) is 0 Å². The number of nitrogen functional groups attached to an aromatic ring is 1. The number of nitrogens with one attached hydrogen (secondary N) is 1. The molecule has 17 heavy (non-hydrogen) atoms. The largest absolute Gasteiger partial charge is 0.382 e. The molecule has 0 radical (unpaired) electrons. The summed E-state index contributed by atoms with van der Waals surface area (Å²) in [5, 5.41) is 3.28. The Morgan fingerprint density at radius 2 is 2.18 bits per heavy atom. The third kappa shape index (κ3) is 3.85. The van der Waals surface area contributed by atoms with Gasteiger partial charge in [0.1, 0.15) is 11.6 Å². The van der Waals surface area contributed by atoms with Gasteiger partial charge in [-0.3, -0.25) is 4.98 Å². The molecule has 1 aromatic heterocycles. The molecule has 2 heterocycles. The van der Waals surface area contributed by atoms with Crippen LogP contribution >= 0.6 is 0 Å². The molecule has 5 heteroatoms. The Hall–Kier alpha value is -1.36. The van der Waals surface area contributed by atoms with Crippen molar-refractivity contribution in [1.29, 1.82) is 0 Å². The van der Waals surface area contributed by atoms with Crippen molar-refractivity contribution in [2.75, 3.05) is 37.7 Å². The first-order valence-electron chi connectivity index (χ1n) is 6.24. The minimum absolute atomic E-state index is 0.467. The first kappa shape index (κ1) is 12.1. The Balaban J connectivity index is 1.69. The number of nitrogens with two attached hydrogens (primary N) is 1. The molecule has 0 atom stereocenters. The first-order chi connectivity index (χ1) is 8.24. The van der Waals surface area contributed by atoms with E-state index in [2.05, 4.69) is 27.2 Å². The van der Waals surface area contributed by atoms with Crippen LogP contribution in [0.3, 0.4) is 0 Å². The van der Waals surface area contributed by atoms with E-state index in [1.165, 1.54) is 32.4 Å². The number of hydrogen-bond acceptors (Lipinski definition) is 5. The Morgan fingerprint density at radius 3 is 2.88 bits per heavy atom. The summed E-state index contributed by atoms with van der Waals surface area (Å²) in [4.78, 5) is 10.6. The van der Waals surface area contributed by atoms with E-state index in [0.717, 1.165) is 18.3 Å². The number of rotatable bonds is 4. The molecule has 5 nitrogen and oxygen atoms in total. The molecular formula is C12H21N5. The zero-order chi connectivity index (χ0) is 12.1. The number of aromatic nitrogens is 2. The predicted molar refractivity (Wildman–Crippen MR) is 69.8 cm³/mol. The highest BCUT2D eigenvalue weighted by molar-refractivity contribution is 5.38. The third-order valence-electron chi connectivity index (χ3n) is 3.35. The molecule has 1 aliphatic rings. The second kappa shape index (κ2) is 5.82. The van der Waals surface area contributed by atoms with Crippen molar-refractivity contribution >= 4 is 11.6 Å². The quantitative estimate of drug-likeness (QED) is 0.821. The summed E-state index contributed by atoms with van der Waals surface area (Å²) in [6.07, 6.45) is 7.08. The predicted octanol–water partition coefficient (Wildman–Crippen LogP) is 1.20. The molecular weight excluding hydrogens is 214 g/mol. The molecule has 0 amide bonds. The average Bonchev–Trinajstić information content (AvgIpc) is 2.32. The number of hydrogen-bond donors (Lipinski definition) is 2. The number of nitrogens with zero attached hydrogens (tertiary/aromatic N) is 3. The zero-order valence-electron chi connectivity index (χ0n) is 10.4. The highest BCUT2D eigenvalue weighted by atomic mass is 15.1. The van der Waals surface area contributed by atoms with Crippen LogP contribution in [0, 0.1) is 5.92 Å². The van der Waals surface area contributed by atoms with Gasteiger partial charge in [-0.2, -0.15) is 0 Å². The lowest BCUT2D eigenvalue weighted by Crippen LogP contribution is -2.30. The Kier molecular flexibility index (Phi) is 4.14. The summed E-state index contributed by atoms with van der Waals surface area (Å²) in [5.74, 6) is 2.08. The van der Waals surface area contributed by atoms with Crippen LogP contribution in [-0.4, -0.2) is 41.5 Å². The van der Waals surface area contributed by atoms with Crippen LogP contribution in [-0.2, 0) is 0 Å². The molecule has 0 saturated carbocycles. The van der Waals surface area contributed by atoms with Crippen molar-refractivity contribution in [3.8, 4) is 0 Å². The first-order valence-corrected chi connectivity index (χ1v) is 6.24. The van der Waals surface area contributed by atoms with Crippen molar-refractivity contribution in [3.63, 3.8) is 0 Å². The minimum atomic E-state index is 0.467. The lowest BCUT2D eigenvalue weighted by molar-refractivity contribution is 0.215. The fraction of sp³-hybridized carbons (Fsp3) is 0.667. The summed E-state index contributed by atoms with van der Waals surface area (Å²) in [6, 6.07) is 0. The van der Waals surface area contributed by atoms with Crippen molar-refractivity contribution in [2.45, 2.75) is 19.3 Å². The van der Waals surface area contributed by atoms with Crippen molar-refractivity contribution in [3.05, 3.63) is 12.4 Å². The van der Waals surface area contributed by atoms with Gasteiger partial charge in [-0.05, 0) is 45.3 Å². The van der Waals surface area contributed by atoms with Crippen LogP contribution in [0.5, 0.6) is 0 Å². The van der Waals surface area contributed by atoms with Crippen LogP contribution in [0.1, 0.15) is 19.3 Å². The Bertz CT molecular complexity index is 347. The van der Waals surface area contributed by atoms with E-state index >= 15 is 0 Å². The molecule has 1 aromatic rings. The standard InChI is InChI=1S/C12H21N5/c1-17-6-3-10(4-7-17)2-5-15-12-9-14-8-11(13)16-12/h8-10H,2-7H2,1H3,(H3,13,15,16). The molecule has 0 spiro atoms. The number of anilines is 2. The van der Waals surface area contributed by atoms with Crippen LogP contribution < -0.4 is 11.1 Å². The van der Waals surface area contributed by atoms with E-state index in [9.17, 15) is 0 Å². The Morgan fingerprint density at radius 1 is 1.41 bits per heavy atom. The summed E-state index contributed by atoms with van der Waals surface area (Å²) < 4.78 is 0. The molecule has 1 fully saturated rings. The van der Waals surface area contributed by atoms with Gasteiger partial charge in [0.05, 0.1) is 12.4 Å². The monoisotopic (exact) mass is 235 g/mol. The number of likely N-dealkylation sites (tertiary alicyclic amines) is 1. The summed E-state index contributed by atoms with van der Waals surface area (Å²) >= 11 is 0. The van der Waals surface area contributed by atoms with E-state index in [1.54, 1.807) is 12.4 Å². The lowest BCUT2D eigenvalue weighted by Gasteiger charge is -2.28. The number of piperidine rings is 1. The van der Waals surface area contributed by atoms with Gasteiger partial charge in [-0.25, -0.2) is 4.98 Å². The smallest absolute Gasteiger partial charge is 0.146 e. The highest BCUT2D eigenvalue weighted by Gasteiger charge is 2.15. The topological polar surface area (TPSA) is 67.1 Å². The summed E-state index contributed by atoms with van der Waals surface area (Å²) in [7, 11) is 2.19. The fourth-order valence-corrected chi connectivity index (χ4v) is 2.22. The maximum atomic E-state index is 5.57. The third-order valence-corrected chi connectivity index (χ3v) is 3.35. The minimum Gasteiger partial charge on any atom is -0.382 e. The summed E-state index contributed by atoms with van der Waals surface area (Å²) in [5.41, 5.74) is 5.57. The lowest BCUT2D eigenvalue weighted by atomic mass is 9.94. The molecule has 0 unspecified atom stereocenters. The van der Waals surface area contributed by atoms with Crippen LogP contribution in [0.15, 0.2) is 12.4 Å². The SMILES string of the molecule is CN1CCC(CCNc2cncc(N)n2)CC1. The average molecular weight is 235 g/mol. The van der Waals surface area contributed by atoms with E-state index in [0.29, 0.717) is 5.82 Å². The van der Waals surface area contributed by atoms with Gasteiger partial charge in [-0.15, -0.1) is 0 Å². The Labute approximate surface area is 102 Å². The second-order valence-corrected chi connectivity index (χ2v) is 4.79. The molecule has 3 N–H and O–H groups in total. The van der Waals surface area contributed by atoms with E-state index < -0.39 is 0 Å². The van der Waals surface area contributed by atoms with E-state index in [4.69, 9.17) is 5.73 Å². The van der Waals surface area contributed by atoms with Gasteiger partial charge in [0, 0.05) is 6.54 Å². The molecule has 2 rings (SSSR count).